The fourth-order valence-electron chi connectivity index (χ4n) is 2.03. The van der Waals surface area contributed by atoms with E-state index in [0.29, 0.717) is 6.42 Å². The molecule has 0 atom stereocenters. The van der Waals surface area contributed by atoms with Gasteiger partial charge in [-0.1, -0.05) is 29.8 Å². The van der Waals surface area contributed by atoms with Gasteiger partial charge in [-0.05, 0) is 51.9 Å². The number of nitrogens with one attached hydrogen (secondary N) is 2. The van der Waals surface area contributed by atoms with E-state index in [9.17, 15) is 4.79 Å². The van der Waals surface area contributed by atoms with Crippen molar-refractivity contribution in [2.45, 2.75) is 38.6 Å². The van der Waals surface area contributed by atoms with Crippen LogP contribution in [0.5, 0.6) is 0 Å². The van der Waals surface area contributed by atoms with E-state index in [1.54, 1.807) is 0 Å². The number of hydrogen-bond acceptors (Lipinski definition) is 2. The fraction of sp³-hybridized carbons (Fsp3) is 0.533. The van der Waals surface area contributed by atoms with Crippen molar-refractivity contribution in [2.24, 2.45) is 0 Å². The normalized spacial score (nSPS) is 11.4. The summed E-state index contributed by atoms with van der Waals surface area (Å²) in [6.45, 7) is 4.90. The van der Waals surface area contributed by atoms with Gasteiger partial charge in [0.1, 0.15) is 0 Å². The van der Waals surface area contributed by atoms with Gasteiger partial charge in [0.15, 0.2) is 0 Å². The van der Waals surface area contributed by atoms with Gasteiger partial charge < -0.3 is 10.6 Å². The Balaban J connectivity index is 2.52. The molecule has 106 valence electrons. The summed E-state index contributed by atoms with van der Waals surface area (Å²) in [4.78, 5) is 11.8. The lowest BCUT2D eigenvalue weighted by Gasteiger charge is -2.27. The first-order valence-electron chi connectivity index (χ1n) is 6.63. The Bertz CT molecular complexity index is 418. The first kappa shape index (κ1) is 16.0. The number of halogens is 1. The zero-order valence-corrected chi connectivity index (χ0v) is 12.7. The van der Waals surface area contributed by atoms with E-state index >= 15 is 0 Å². The summed E-state index contributed by atoms with van der Waals surface area (Å²) in [5.74, 6) is 0.0901. The summed E-state index contributed by atoms with van der Waals surface area (Å²) in [7, 11) is 1.89. The van der Waals surface area contributed by atoms with Gasteiger partial charge in [-0.2, -0.15) is 0 Å². The zero-order valence-electron chi connectivity index (χ0n) is 11.9. The Morgan fingerprint density at radius 2 is 2.00 bits per heavy atom. The number of amides is 1. The van der Waals surface area contributed by atoms with Crippen molar-refractivity contribution >= 4 is 17.5 Å². The van der Waals surface area contributed by atoms with Crippen LogP contribution in [0.2, 0.25) is 5.02 Å². The Labute approximate surface area is 120 Å². The number of rotatable bonds is 7. The second-order valence-electron chi connectivity index (χ2n) is 5.41. The highest BCUT2D eigenvalue weighted by atomic mass is 35.5. The van der Waals surface area contributed by atoms with Gasteiger partial charge in [0.2, 0.25) is 5.91 Å². The molecule has 2 N–H and O–H groups in total. The van der Waals surface area contributed by atoms with Crippen LogP contribution in [-0.4, -0.2) is 25.0 Å². The standard InChI is InChI=1S/C15H23ClN2O/c1-15(2,18-14(19)9-6-10-17-3)11-12-7-4-5-8-13(12)16/h4-5,7-8,17H,6,9-11H2,1-3H3,(H,18,19). The average molecular weight is 283 g/mol. The van der Waals surface area contributed by atoms with Gasteiger partial charge in [0.05, 0.1) is 0 Å². The predicted octanol–water partition coefficient (Wildman–Crippen LogP) is 2.78. The number of carbonyl (C=O) groups excluding carboxylic acids is 1. The second kappa shape index (κ2) is 7.51. The molecule has 0 radical (unpaired) electrons. The summed E-state index contributed by atoms with van der Waals surface area (Å²) in [5.41, 5.74) is 0.770. The van der Waals surface area contributed by atoms with E-state index in [1.165, 1.54) is 0 Å². The highest BCUT2D eigenvalue weighted by molar-refractivity contribution is 6.31. The lowest BCUT2D eigenvalue weighted by molar-refractivity contribution is -0.122. The smallest absolute Gasteiger partial charge is 0.220 e. The molecular weight excluding hydrogens is 260 g/mol. The van der Waals surface area contributed by atoms with Crippen LogP contribution in [0.4, 0.5) is 0 Å². The van der Waals surface area contributed by atoms with E-state index in [-0.39, 0.29) is 11.4 Å². The van der Waals surface area contributed by atoms with Crippen LogP contribution in [0.3, 0.4) is 0 Å². The van der Waals surface area contributed by atoms with Crippen LogP contribution in [0.25, 0.3) is 0 Å². The minimum atomic E-state index is -0.290. The van der Waals surface area contributed by atoms with Crippen molar-refractivity contribution in [3.63, 3.8) is 0 Å². The fourth-order valence-corrected chi connectivity index (χ4v) is 2.23. The molecule has 4 heteroatoms. The van der Waals surface area contributed by atoms with E-state index in [0.717, 1.165) is 30.0 Å². The molecule has 0 saturated carbocycles. The maximum absolute atomic E-state index is 11.8. The van der Waals surface area contributed by atoms with Crippen LogP contribution in [0.1, 0.15) is 32.3 Å². The van der Waals surface area contributed by atoms with Gasteiger partial charge in [-0.15, -0.1) is 0 Å². The van der Waals surface area contributed by atoms with Crippen LogP contribution in [0.15, 0.2) is 24.3 Å². The second-order valence-corrected chi connectivity index (χ2v) is 5.81. The molecule has 0 aliphatic rings. The van der Waals surface area contributed by atoms with Gasteiger partial charge in [0.25, 0.3) is 0 Å². The number of benzene rings is 1. The Kier molecular flexibility index (Phi) is 6.32. The van der Waals surface area contributed by atoms with Crippen molar-refractivity contribution in [1.29, 1.82) is 0 Å². The molecular formula is C15H23ClN2O. The third kappa shape index (κ3) is 6.08. The molecule has 1 aromatic carbocycles. The largest absolute Gasteiger partial charge is 0.351 e. The molecule has 0 heterocycles. The average Bonchev–Trinajstić information content (AvgIpc) is 2.31. The molecule has 0 bridgehead atoms. The monoisotopic (exact) mass is 282 g/mol. The molecule has 0 saturated heterocycles. The zero-order chi connectivity index (χ0) is 14.3. The topological polar surface area (TPSA) is 41.1 Å². The summed E-state index contributed by atoms with van der Waals surface area (Å²) >= 11 is 6.15. The lowest BCUT2D eigenvalue weighted by atomic mass is 9.94. The van der Waals surface area contributed by atoms with E-state index < -0.39 is 0 Å². The van der Waals surface area contributed by atoms with Gasteiger partial charge in [0, 0.05) is 17.0 Å². The Hall–Kier alpha value is -1.06. The van der Waals surface area contributed by atoms with Crippen molar-refractivity contribution < 1.29 is 4.79 Å². The van der Waals surface area contributed by atoms with Gasteiger partial charge in [-0.25, -0.2) is 0 Å². The van der Waals surface area contributed by atoms with E-state index in [2.05, 4.69) is 10.6 Å². The maximum Gasteiger partial charge on any atom is 0.220 e. The van der Waals surface area contributed by atoms with Crippen molar-refractivity contribution in [2.75, 3.05) is 13.6 Å². The quantitative estimate of drug-likeness (QED) is 0.755. The first-order chi connectivity index (χ1) is 8.94. The molecule has 19 heavy (non-hydrogen) atoms. The minimum absolute atomic E-state index is 0.0901. The molecule has 0 aliphatic carbocycles. The third-order valence-electron chi connectivity index (χ3n) is 2.90. The SMILES string of the molecule is CNCCCC(=O)NC(C)(C)Cc1ccccc1Cl. The third-order valence-corrected chi connectivity index (χ3v) is 3.27. The summed E-state index contributed by atoms with van der Waals surface area (Å²) < 4.78 is 0. The van der Waals surface area contributed by atoms with Crippen LogP contribution in [0, 0.1) is 0 Å². The highest BCUT2D eigenvalue weighted by Crippen LogP contribution is 2.20. The molecule has 0 fully saturated rings. The molecule has 1 rings (SSSR count). The van der Waals surface area contributed by atoms with E-state index in [1.807, 2.05) is 45.2 Å². The molecule has 0 spiro atoms. The first-order valence-corrected chi connectivity index (χ1v) is 7.01. The van der Waals surface area contributed by atoms with Crippen molar-refractivity contribution in [3.05, 3.63) is 34.9 Å². The van der Waals surface area contributed by atoms with Crippen molar-refractivity contribution in [3.8, 4) is 0 Å². The summed E-state index contributed by atoms with van der Waals surface area (Å²) in [6, 6.07) is 7.75. The van der Waals surface area contributed by atoms with Crippen LogP contribution in [-0.2, 0) is 11.2 Å². The van der Waals surface area contributed by atoms with E-state index in [4.69, 9.17) is 11.6 Å². The predicted molar refractivity (Wildman–Crippen MR) is 80.5 cm³/mol. The Morgan fingerprint density at radius 3 is 2.63 bits per heavy atom. The van der Waals surface area contributed by atoms with Gasteiger partial charge in [-0.3, -0.25) is 4.79 Å². The molecule has 1 aromatic rings. The maximum atomic E-state index is 11.8. The number of carbonyl (C=O) groups is 1. The van der Waals surface area contributed by atoms with Crippen LogP contribution >= 0.6 is 11.6 Å². The number of hydrogen-bond donors (Lipinski definition) is 2. The summed E-state index contributed by atoms with van der Waals surface area (Å²) in [6.07, 6.45) is 2.13. The molecule has 1 amide bonds. The highest BCUT2D eigenvalue weighted by Gasteiger charge is 2.21. The van der Waals surface area contributed by atoms with Crippen LogP contribution < -0.4 is 10.6 Å². The summed E-state index contributed by atoms with van der Waals surface area (Å²) in [5, 5.41) is 6.85. The van der Waals surface area contributed by atoms with Crippen molar-refractivity contribution in [1.82, 2.24) is 10.6 Å². The molecule has 0 unspecified atom stereocenters. The molecule has 0 aromatic heterocycles. The molecule has 3 nitrogen and oxygen atoms in total. The minimum Gasteiger partial charge on any atom is -0.351 e. The molecule has 0 aliphatic heterocycles. The lowest BCUT2D eigenvalue weighted by Crippen LogP contribution is -2.45. The van der Waals surface area contributed by atoms with Gasteiger partial charge >= 0.3 is 0 Å². The Morgan fingerprint density at radius 1 is 1.32 bits per heavy atom.